The minimum Gasteiger partial charge on any atom is -0.481 e. The van der Waals surface area contributed by atoms with Crippen LogP contribution in [-0.4, -0.2) is 22.8 Å². The standard InChI is InChI=1S/C32H29NO5/c1-32(2,3)38-31(36)33-27(19-29(34)35)21-16-17-22(20-10-5-4-6-11-20)26(18-21)25-14-9-13-24-23-12-7-8-15-28(23)37-30(24)25/h4-18,27H,19H2,1-3H3,(H,33,36)(H,34,35). The molecule has 0 aliphatic rings. The van der Waals surface area contributed by atoms with Gasteiger partial charge in [0.2, 0.25) is 0 Å². The molecule has 1 heterocycles. The number of carbonyl (C=O) groups is 2. The number of hydrogen-bond acceptors (Lipinski definition) is 4. The molecular weight excluding hydrogens is 478 g/mol. The zero-order valence-corrected chi connectivity index (χ0v) is 21.5. The van der Waals surface area contributed by atoms with Crippen LogP contribution in [-0.2, 0) is 9.53 Å². The van der Waals surface area contributed by atoms with Gasteiger partial charge in [-0.1, -0.05) is 78.9 Å². The Morgan fingerprint density at radius 2 is 1.55 bits per heavy atom. The van der Waals surface area contributed by atoms with E-state index in [0.717, 1.165) is 44.2 Å². The van der Waals surface area contributed by atoms with Crippen LogP contribution in [0.3, 0.4) is 0 Å². The fourth-order valence-corrected chi connectivity index (χ4v) is 4.71. The van der Waals surface area contributed by atoms with Gasteiger partial charge >= 0.3 is 12.1 Å². The van der Waals surface area contributed by atoms with Crippen molar-refractivity contribution in [1.29, 1.82) is 0 Å². The number of para-hydroxylation sites is 2. The first-order valence-corrected chi connectivity index (χ1v) is 12.5. The van der Waals surface area contributed by atoms with Crippen LogP contribution >= 0.6 is 0 Å². The molecule has 1 aromatic heterocycles. The van der Waals surface area contributed by atoms with Crippen LogP contribution in [0.25, 0.3) is 44.2 Å². The van der Waals surface area contributed by atoms with E-state index in [0.29, 0.717) is 5.56 Å². The molecule has 1 atom stereocenters. The van der Waals surface area contributed by atoms with Gasteiger partial charge in [-0.2, -0.15) is 0 Å². The highest BCUT2D eigenvalue weighted by molar-refractivity contribution is 6.10. The summed E-state index contributed by atoms with van der Waals surface area (Å²) in [5.74, 6) is -1.03. The van der Waals surface area contributed by atoms with Crippen LogP contribution < -0.4 is 5.32 Å². The van der Waals surface area contributed by atoms with Gasteiger partial charge in [0, 0.05) is 16.3 Å². The average molecular weight is 508 g/mol. The Labute approximate surface area is 220 Å². The van der Waals surface area contributed by atoms with E-state index < -0.39 is 23.7 Å². The van der Waals surface area contributed by atoms with Gasteiger partial charge in [-0.3, -0.25) is 4.79 Å². The highest BCUT2D eigenvalue weighted by Crippen LogP contribution is 2.41. The van der Waals surface area contributed by atoms with Crippen molar-refractivity contribution in [3.8, 4) is 22.3 Å². The largest absolute Gasteiger partial charge is 0.481 e. The number of fused-ring (bicyclic) bond motifs is 3. The topological polar surface area (TPSA) is 88.8 Å². The number of aliphatic carboxylic acids is 1. The SMILES string of the molecule is CC(C)(C)OC(=O)NC(CC(=O)O)c1ccc(-c2ccccc2)c(-c2cccc3c2oc2ccccc23)c1. The van der Waals surface area contributed by atoms with E-state index >= 15 is 0 Å². The van der Waals surface area contributed by atoms with E-state index in [9.17, 15) is 14.7 Å². The molecule has 0 aliphatic carbocycles. The Morgan fingerprint density at radius 3 is 2.29 bits per heavy atom. The molecular formula is C32H29NO5. The summed E-state index contributed by atoms with van der Waals surface area (Å²) in [7, 11) is 0. The second-order valence-electron chi connectivity index (χ2n) is 10.2. The fraction of sp³-hybridized carbons (Fsp3) is 0.188. The lowest BCUT2D eigenvalue weighted by Crippen LogP contribution is -2.35. The molecule has 0 bridgehead atoms. The molecule has 6 heteroatoms. The third-order valence-electron chi connectivity index (χ3n) is 6.29. The normalized spacial score (nSPS) is 12.4. The maximum absolute atomic E-state index is 12.6. The van der Waals surface area contributed by atoms with Gasteiger partial charge in [-0.15, -0.1) is 0 Å². The predicted molar refractivity (Wildman–Crippen MR) is 149 cm³/mol. The van der Waals surface area contributed by atoms with Crippen LogP contribution in [0.4, 0.5) is 4.79 Å². The molecule has 0 fully saturated rings. The molecule has 0 aliphatic heterocycles. The van der Waals surface area contributed by atoms with Gasteiger partial charge < -0.3 is 19.6 Å². The van der Waals surface area contributed by atoms with E-state index in [1.165, 1.54) is 0 Å². The summed E-state index contributed by atoms with van der Waals surface area (Å²) in [5, 5.41) is 14.4. The third kappa shape index (κ3) is 5.25. The van der Waals surface area contributed by atoms with Crippen molar-refractivity contribution in [3.63, 3.8) is 0 Å². The molecule has 6 nitrogen and oxygen atoms in total. The van der Waals surface area contributed by atoms with Crippen LogP contribution in [0, 0.1) is 0 Å². The van der Waals surface area contributed by atoms with Gasteiger partial charge in [0.15, 0.2) is 0 Å². The number of carboxylic acid groups (broad SMARTS) is 1. The highest BCUT2D eigenvalue weighted by Gasteiger charge is 2.24. The number of ether oxygens (including phenoxy) is 1. The van der Waals surface area contributed by atoms with E-state index in [2.05, 4.69) is 5.32 Å². The molecule has 2 N–H and O–H groups in total. The Hall–Kier alpha value is -4.58. The summed E-state index contributed by atoms with van der Waals surface area (Å²) in [6.07, 6.45) is -0.963. The Morgan fingerprint density at radius 1 is 0.842 bits per heavy atom. The minimum absolute atomic E-state index is 0.293. The maximum Gasteiger partial charge on any atom is 0.408 e. The van der Waals surface area contributed by atoms with Crippen LogP contribution in [0.5, 0.6) is 0 Å². The van der Waals surface area contributed by atoms with Crippen LogP contribution in [0.2, 0.25) is 0 Å². The molecule has 1 unspecified atom stereocenters. The molecule has 5 rings (SSSR count). The van der Waals surface area contributed by atoms with Crippen molar-refractivity contribution >= 4 is 34.0 Å². The monoisotopic (exact) mass is 507 g/mol. The molecule has 4 aromatic carbocycles. The Balaban J connectivity index is 1.68. The predicted octanol–water partition coefficient (Wildman–Crippen LogP) is 7.96. The first kappa shape index (κ1) is 25.1. The van der Waals surface area contributed by atoms with E-state index in [1.54, 1.807) is 20.8 Å². The molecule has 38 heavy (non-hydrogen) atoms. The Kier molecular flexibility index (Phi) is 6.64. The number of amides is 1. The van der Waals surface area contributed by atoms with E-state index in [-0.39, 0.29) is 6.42 Å². The summed E-state index contributed by atoms with van der Waals surface area (Å²) in [5.41, 5.74) is 5.22. The second kappa shape index (κ2) is 10.1. The van der Waals surface area contributed by atoms with Crippen molar-refractivity contribution in [2.24, 2.45) is 0 Å². The molecule has 192 valence electrons. The summed E-state index contributed by atoms with van der Waals surface area (Å²) in [6, 6.07) is 28.9. The molecule has 0 radical (unpaired) electrons. The summed E-state index contributed by atoms with van der Waals surface area (Å²) in [4.78, 5) is 24.4. The minimum atomic E-state index is -1.03. The van der Waals surface area contributed by atoms with Crippen molar-refractivity contribution in [1.82, 2.24) is 5.32 Å². The fourth-order valence-electron chi connectivity index (χ4n) is 4.71. The van der Waals surface area contributed by atoms with Crippen molar-refractivity contribution in [2.45, 2.75) is 38.8 Å². The first-order chi connectivity index (χ1) is 18.2. The van der Waals surface area contributed by atoms with Crippen molar-refractivity contribution in [2.75, 3.05) is 0 Å². The lowest BCUT2D eigenvalue weighted by molar-refractivity contribution is -0.137. The summed E-state index contributed by atoms with van der Waals surface area (Å²) >= 11 is 0. The van der Waals surface area contributed by atoms with E-state index in [4.69, 9.17) is 9.15 Å². The highest BCUT2D eigenvalue weighted by atomic mass is 16.6. The number of carboxylic acids is 1. The first-order valence-electron chi connectivity index (χ1n) is 12.5. The number of furan rings is 1. The van der Waals surface area contributed by atoms with Gasteiger partial charge in [-0.05, 0) is 55.2 Å². The van der Waals surface area contributed by atoms with E-state index in [1.807, 2.05) is 91.0 Å². The lowest BCUT2D eigenvalue weighted by atomic mass is 9.90. The smallest absolute Gasteiger partial charge is 0.408 e. The zero-order valence-electron chi connectivity index (χ0n) is 21.5. The zero-order chi connectivity index (χ0) is 26.9. The molecule has 5 aromatic rings. The maximum atomic E-state index is 12.6. The molecule has 0 saturated carbocycles. The molecule has 1 amide bonds. The Bertz CT molecular complexity index is 1630. The van der Waals surface area contributed by atoms with Gasteiger partial charge in [0.05, 0.1) is 12.5 Å². The molecule has 0 spiro atoms. The number of benzene rings is 4. The molecule has 0 saturated heterocycles. The third-order valence-corrected chi connectivity index (χ3v) is 6.29. The number of alkyl carbamates (subject to hydrolysis) is 1. The van der Waals surface area contributed by atoms with Gasteiger partial charge in [-0.25, -0.2) is 4.79 Å². The quantitative estimate of drug-likeness (QED) is 0.243. The number of hydrogen-bond donors (Lipinski definition) is 2. The number of carbonyl (C=O) groups excluding carboxylic acids is 1. The van der Waals surface area contributed by atoms with Gasteiger partial charge in [0.25, 0.3) is 0 Å². The lowest BCUT2D eigenvalue weighted by Gasteiger charge is -2.24. The van der Waals surface area contributed by atoms with Crippen LogP contribution in [0.1, 0.15) is 38.8 Å². The van der Waals surface area contributed by atoms with Crippen molar-refractivity contribution in [3.05, 3.63) is 96.6 Å². The summed E-state index contributed by atoms with van der Waals surface area (Å²) in [6.45, 7) is 5.29. The summed E-state index contributed by atoms with van der Waals surface area (Å²) < 4.78 is 11.7. The second-order valence-corrected chi connectivity index (χ2v) is 10.2. The van der Waals surface area contributed by atoms with Crippen molar-refractivity contribution < 1.29 is 23.8 Å². The van der Waals surface area contributed by atoms with Gasteiger partial charge in [0.1, 0.15) is 16.8 Å². The average Bonchev–Trinajstić information content (AvgIpc) is 3.26. The number of rotatable bonds is 6. The number of nitrogens with one attached hydrogen (secondary N) is 1. The van der Waals surface area contributed by atoms with Crippen LogP contribution in [0.15, 0.2) is 95.4 Å².